The van der Waals surface area contributed by atoms with Crippen molar-refractivity contribution in [2.75, 3.05) is 44.5 Å². The number of carboxylic acid groups (broad SMARTS) is 1. The van der Waals surface area contributed by atoms with Crippen LogP contribution < -0.4 is 16.4 Å². The minimum atomic E-state index is -5.61. The van der Waals surface area contributed by atoms with Gasteiger partial charge in [-0.15, -0.1) is 0 Å². The molecule has 1 fully saturated rings. The number of aliphatic hydroxyl groups is 2. The van der Waals surface area contributed by atoms with Gasteiger partial charge in [-0.25, -0.2) is 28.6 Å². The molecule has 11 N–H and O–H groups in total. The normalized spacial score (nSPS) is 22.0. The van der Waals surface area contributed by atoms with E-state index in [0.717, 1.165) is 17.2 Å². The average molecular weight is 900 g/mol. The highest BCUT2D eigenvalue weighted by Gasteiger charge is 2.50. The molecule has 0 radical (unpaired) electrons. The van der Waals surface area contributed by atoms with Crippen LogP contribution in [0.3, 0.4) is 0 Å². The van der Waals surface area contributed by atoms with Crippen LogP contribution in [-0.4, -0.2) is 140 Å². The number of anilines is 1. The smallest absolute Gasteiger partial charge is 0.481 e. The van der Waals surface area contributed by atoms with Crippen molar-refractivity contribution in [3.8, 4) is 0 Å². The standard InChI is InChI=1S/C26H41FN7O19P3S/c1-26(2,19(37)22(38)30-6-4-15(35)29-7-8-57-25(41)13(3-5-27)24(39)40)10-50-56(47,48)53-55(45,46)49-9-14-18(52-54(42,43)44)17(36)23(51-14)34-12-33-16-20(28)31-11-32-21(16)34/h11-14,17-19,23,36-37H,3-10H2,1-2H3,(H,29,35)(H,30,38)(H,39,40)(H,45,46)(H,47,48)(H2,28,31,32)(H2,42,43,44). The number of ether oxygens (including phenoxy) is 1. The number of carbonyl (C=O) groups excluding carboxylic acids is 3. The third-order valence-electron chi connectivity index (χ3n) is 7.73. The fraction of sp³-hybridized carbons (Fsp3) is 0.654. The largest absolute Gasteiger partial charge is 0.481 e. The maximum absolute atomic E-state index is 12.7. The fourth-order valence-electron chi connectivity index (χ4n) is 4.83. The molecule has 26 nitrogen and oxygen atoms in total. The van der Waals surface area contributed by atoms with Gasteiger partial charge in [-0.3, -0.25) is 41.7 Å². The van der Waals surface area contributed by atoms with Gasteiger partial charge in [0.05, 0.1) is 26.2 Å². The van der Waals surface area contributed by atoms with Gasteiger partial charge < -0.3 is 56.0 Å². The van der Waals surface area contributed by atoms with Crippen LogP contribution in [0.2, 0.25) is 0 Å². The lowest BCUT2D eigenvalue weighted by molar-refractivity contribution is -0.144. The number of aromatic nitrogens is 4. The van der Waals surface area contributed by atoms with Crippen molar-refractivity contribution >= 4 is 75.1 Å². The highest BCUT2D eigenvalue weighted by atomic mass is 32.2. The number of imidazole rings is 1. The number of nitrogens with one attached hydrogen (secondary N) is 2. The second-order valence-corrected chi connectivity index (χ2v) is 17.9. The van der Waals surface area contributed by atoms with Gasteiger partial charge in [0.15, 0.2) is 17.7 Å². The molecule has 0 aromatic carbocycles. The van der Waals surface area contributed by atoms with E-state index in [4.69, 9.17) is 24.6 Å². The highest BCUT2D eigenvalue weighted by Crippen LogP contribution is 2.61. The topological polar surface area (TPSA) is 401 Å². The molecular formula is C26H41FN7O19P3S. The third-order valence-corrected chi connectivity index (χ3v) is 11.8. The van der Waals surface area contributed by atoms with Gasteiger partial charge in [-0.2, -0.15) is 4.31 Å². The van der Waals surface area contributed by atoms with E-state index in [0.29, 0.717) is 11.8 Å². The summed E-state index contributed by atoms with van der Waals surface area (Å²) in [5, 5.41) is 34.3. The molecule has 8 unspecified atom stereocenters. The lowest BCUT2D eigenvalue weighted by Crippen LogP contribution is -2.46. The van der Waals surface area contributed by atoms with Crippen LogP contribution in [0.15, 0.2) is 12.7 Å². The van der Waals surface area contributed by atoms with Gasteiger partial charge in [0.1, 0.15) is 42.2 Å². The predicted octanol–water partition coefficient (Wildman–Crippen LogP) is -1.27. The Morgan fingerprint density at radius 2 is 1.74 bits per heavy atom. The summed E-state index contributed by atoms with van der Waals surface area (Å²) in [7, 11) is -16.5. The van der Waals surface area contributed by atoms with Crippen molar-refractivity contribution in [3.05, 3.63) is 12.7 Å². The van der Waals surface area contributed by atoms with E-state index in [-0.39, 0.29) is 42.2 Å². The number of fused-ring (bicyclic) bond motifs is 1. The molecule has 0 spiro atoms. The number of nitrogens with zero attached hydrogens (tertiary/aromatic N) is 4. The van der Waals surface area contributed by atoms with Gasteiger partial charge in [-0.1, -0.05) is 25.6 Å². The van der Waals surface area contributed by atoms with Crippen LogP contribution in [0.1, 0.15) is 32.9 Å². The lowest BCUT2D eigenvalue weighted by Gasteiger charge is -2.30. The molecule has 322 valence electrons. The Kier molecular flexibility index (Phi) is 17.2. The van der Waals surface area contributed by atoms with Crippen molar-refractivity contribution < 1.29 is 94.8 Å². The molecular weight excluding hydrogens is 858 g/mol. The number of hydrogen-bond acceptors (Lipinski definition) is 19. The maximum Gasteiger partial charge on any atom is 0.481 e. The molecule has 57 heavy (non-hydrogen) atoms. The Bertz CT molecular complexity index is 1910. The number of carboxylic acids is 1. The second-order valence-electron chi connectivity index (χ2n) is 12.6. The van der Waals surface area contributed by atoms with Crippen molar-refractivity contribution in [1.82, 2.24) is 30.2 Å². The van der Waals surface area contributed by atoms with E-state index < -0.39 is 115 Å². The first kappa shape index (κ1) is 48.3. The minimum Gasteiger partial charge on any atom is -0.481 e. The molecule has 1 aliphatic heterocycles. The number of alkyl halides is 1. The van der Waals surface area contributed by atoms with Gasteiger partial charge in [0.2, 0.25) is 16.9 Å². The van der Waals surface area contributed by atoms with Crippen molar-refractivity contribution in [2.45, 2.75) is 57.3 Å². The number of phosphoric ester groups is 3. The van der Waals surface area contributed by atoms with E-state index in [2.05, 4.69) is 34.4 Å². The van der Waals surface area contributed by atoms with E-state index in [1.807, 2.05) is 0 Å². The fourth-order valence-corrected chi connectivity index (χ4v) is 8.49. The zero-order valence-corrected chi connectivity index (χ0v) is 33.3. The van der Waals surface area contributed by atoms with Crippen molar-refractivity contribution in [2.24, 2.45) is 11.3 Å². The van der Waals surface area contributed by atoms with E-state index in [1.54, 1.807) is 0 Å². The van der Waals surface area contributed by atoms with Crippen LogP contribution in [-0.2, 0) is 55.5 Å². The number of thioether (sulfide) groups is 1. The molecule has 31 heteroatoms. The summed E-state index contributed by atoms with van der Waals surface area (Å²) in [6, 6.07) is 0. The molecule has 0 bridgehead atoms. The van der Waals surface area contributed by atoms with Crippen LogP contribution in [0.4, 0.5) is 10.2 Å². The molecule has 1 saturated heterocycles. The molecule has 0 aliphatic carbocycles. The number of amides is 2. The van der Waals surface area contributed by atoms with E-state index in [1.165, 1.54) is 13.8 Å². The van der Waals surface area contributed by atoms with Crippen LogP contribution in [0, 0.1) is 11.3 Å². The molecule has 3 rings (SSSR count). The summed E-state index contributed by atoms with van der Waals surface area (Å²) < 4.78 is 74.3. The first-order valence-corrected chi connectivity index (χ1v) is 21.7. The average Bonchev–Trinajstić information content (AvgIpc) is 3.66. The van der Waals surface area contributed by atoms with Crippen molar-refractivity contribution in [1.29, 1.82) is 0 Å². The Labute approximate surface area is 325 Å². The summed E-state index contributed by atoms with van der Waals surface area (Å²) in [6.45, 7) is -1.07. The zero-order valence-electron chi connectivity index (χ0n) is 29.8. The lowest BCUT2D eigenvalue weighted by atomic mass is 9.87. The third kappa shape index (κ3) is 14.3. The predicted molar refractivity (Wildman–Crippen MR) is 189 cm³/mol. The summed E-state index contributed by atoms with van der Waals surface area (Å²) >= 11 is 0.599. The monoisotopic (exact) mass is 899 g/mol. The molecule has 0 saturated carbocycles. The Morgan fingerprint density at radius 1 is 1.07 bits per heavy atom. The SMILES string of the molecule is CC(C)(COP(=O)(O)OP(=O)(O)OCC1OC(n2cnc3c(N)ncnc32)C(O)C1OP(=O)(O)O)C(O)C(=O)NCCC(=O)NCCSC(=O)C(CCF)C(=O)O. The minimum absolute atomic E-state index is 0.0112. The first-order valence-electron chi connectivity index (χ1n) is 16.2. The summed E-state index contributed by atoms with van der Waals surface area (Å²) in [4.78, 5) is 98.3. The first-order chi connectivity index (χ1) is 26.4. The van der Waals surface area contributed by atoms with Crippen LogP contribution >= 0.6 is 35.2 Å². The van der Waals surface area contributed by atoms with Crippen LogP contribution in [0.25, 0.3) is 11.2 Å². The number of nitrogens with two attached hydrogens (primary N) is 1. The van der Waals surface area contributed by atoms with E-state index >= 15 is 0 Å². The number of carbonyl (C=O) groups is 4. The summed E-state index contributed by atoms with van der Waals surface area (Å²) in [5.41, 5.74) is 4.15. The highest BCUT2D eigenvalue weighted by molar-refractivity contribution is 8.13. The molecule has 2 aromatic heterocycles. The molecule has 8 atom stereocenters. The summed E-state index contributed by atoms with van der Waals surface area (Å²) in [6.07, 6.45) is -7.73. The molecule has 2 amide bonds. The Morgan fingerprint density at radius 3 is 2.37 bits per heavy atom. The second kappa shape index (κ2) is 20.3. The summed E-state index contributed by atoms with van der Waals surface area (Å²) in [5.74, 6) is -4.71. The number of rotatable bonds is 23. The van der Waals surface area contributed by atoms with Gasteiger partial charge >= 0.3 is 29.4 Å². The van der Waals surface area contributed by atoms with E-state index in [9.17, 15) is 67.1 Å². The maximum atomic E-state index is 12.7. The molecule has 3 heterocycles. The Hall–Kier alpha value is -3.04. The quantitative estimate of drug-likeness (QED) is 0.0353. The number of hydrogen-bond donors (Lipinski definition) is 10. The van der Waals surface area contributed by atoms with Crippen molar-refractivity contribution in [3.63, 3.8) is 0 Å². The zero-order chi connectivity index (χ0) is 42.9. The number of phosphoric acid groups is 3. The molecule has 2 aromatic rings. The van der Waals surface area contributed by atoms with Gasteiger partial charge in [0.25, 0.3) is 0 Å². The number of aliphatic carboxylic acids is 1. The number of aliphatic hydroxyl groups excluding tert-OH is 2. The number of halogens is 1. The number of nitrogen functional groups attached to an aromatic ring is 1. The van der Waals surface area contributed by atoms with Gasteiger partial charge in [-0.05, 0) is 6.42 Å². The molecule has 1 aliphatic rings. The van der Waals surface area contributed by atoms with Gasteiger partial charge in [0, 0.05) is 30.7 Å². The Balaban J connectivity index is 1.49. The van der Waals surface area contributed by atoms with Crippen LogP contribution in [0.5, 0.6) is 0 Å².